The molecule has 0 fully saturated rings. The Bertz CT molecular complexity index is 2450. The van der Waals surface area contributed by atoms with Crippen LogP contribution >= 0.6 is 0 Å². The number of hydrogen-bond donors (Lipinski definition) is 0. The molecule has 1 spiro atoms. The summed E-state index contributed by atoms with van der Waals surface area (Å²) < 4.78 is 0. The van der Waals surface area contributed by atoms with Gasteiger partial charge in [0, 0.05) is 34.4 Å². The Morgan fingerprint density at radius 3 is 1.89 bits per heavy atom. The molecule has 10 rings (SSSR count). The molecule has 1 aliphatic heterocycles. The Morgan fingerprint density at radius 1 is 0.435 bits per heavy atom. The summed E-state index contributed by atoms with van der Waals surface area (Å²) in [5.74, 6) is 0. The molecule has 1 aliphatic carbocycles. The second-order valence-corrected chi connectivity index (χ2v) is 12.2. The van der Waals surface area contributed by atoms with Crippen LogP contribution < -0.4 is 4.90 Å². The minimum atomic E-state index is -0.449. The van der Waals surface area contributed by atoms with Gasteiger partial charge in [-0.15, -0.1) is 0 Å². The normalized spacial score (nSPS) is 13.8. The summed E-state index contributed by atoms with van der Waals surface area (Å²) in [5, 5.41) is 2.19. The molecule has 2 aliphatic rings. The third kappa shape index (κ3) is 3.32. The molecule has 0 N–H and O–H groups in total. The van der Waals surface area contributed by atoms with Crippen LogP contribution in [0.15, 0.2) is 164 Å². The highest BCUT2D eigenvalue weighted by Crippen LogP contribution is 2.63. The van der Waals surface area contributed by atoms with E-state index in [4.69, 9.17) is 4.98 Å². The van der Waals surface area contributed by atoms with E-state index in [-0.39, 0.29) is 0 Å². The standard InChI is InChI=1S/C43H27N3/c1-2-12-32(13-3-1)46-39-19-9-8-18-37(39)43(35-16-6-4-14-33(35)34-15-5-7-17-36(34)43)38-23-22-29(26-40(38)46)31-25-30-21-20-28-11-10-24-44-41(28)42(30)45-27-31/h1-27H. The third-order valence-electron chi connectivity index (χ3n) is 9.91. The van der Waals surface area contributed by atoms with Gasteiger partial charge in [-0.05, 0) is 75.3 Å². The van der Waals surface area contributed by atoms with Gasteiger partial charge in [-0.2, -0.15) is 0 Å². The Kier molecular flexibility index (Phi) is 5.20. The molecule has 8 aromatic rings. The first-order chi connectivity index (χ1) is 22.8. The average Bonchev–Trinajstić information content (AvgIpc) is 3.42. The van der Waals surface area contributed by atoms with Crippen LogP contribution in [-0.4, -0.2) is 9.97 Å². The van der Waals surface area contributed by atoms with Gasteiger partial charge in [0.25, 0.3) is 0 Å². The van der Waals surface area contributed by atoms with Gasteiger partial charge in [0.2, 0.25) is 0 Å². The van der Waals surface area contributed by atoms with Gasteiger partial charge in [-0.25, -0.2) is 0 Å². The summed E-state index contributed by atoms with van der Waals surface area (Å²) in [7, 11) is 0. The first-order valence-corrected chi connectivity index (χ1v) is 15.7. The monoisotopic (exact) mass is 585 g/mol. The van der Waals surface area contributed by atoms with Crippen molar-refractivity contribution in [1.82, 2.24) is 9.97 Å². The van der Waals surface area contributed by atoms with Crippen molar-refractivity contribution in [3.63, 3.8) is 0 Å². The van der Waals surface area contributed by atoms with Crippen molar-refractivity contribution in [3.05, 3.63) is 186 Å². The van der Waals surface area contributed by atoms with E-state index in [1.807, 2.05) is 18.5 Å². The highest BCUT2D eigenvalue weighted by atomic mass is 15.2. The number of para-hydroxylation sites is 2. The van der Waals surface area contributed by atoms with Crippen molar-refractivity contribution < 1.29 is 0 Å². The molecule has 2 aromatic heterocycles. The molecule has 0 saturated carbocycles. The number of anilines is 3. The van der Waals surface area contributed by atoms with Gasteiger partial charge in [0.05, 0.1) is 27.8 Å². The van der Waals surface area contributed by atoms with E-state index < -0.39 is 5.41 Å². The molecule has 0 bridgehead atoms. The minimum Gasteiger partial charge on any atom is -0.310 e. The van der Waals surface area contributed by atoms with Gasteiger partial charge in [0.15, 0.2) is 0 Å². The summed E-state index contributed by atoms with van der Waals surface area (Å²) in [6.45, 7) is 0. The summed E-state index contributed by atoms with van der Waals surface area (Å²) in [6.07, 6.45) is 3.84. The summed E-state index contributed by atoms with van der Waals surface area (Å²) in [6, 6.07) is 55.2. The Balaban J connectivity index is 1.28. The Hall–Kier alpha value is -6.06. The number of fused-ring (bicyclic) bond motifs is 12. The number of nitrogens with zero attached hydrogens (tertiary/aromatic N) is 3. The average molecular weight is 586 g/mol. The minimum absolute atomic E-state index is 0.449. The molecule has 0 saturated heterocycles. The van der Waals surface area contributed by atoms with Crippen molar-refractivity contribution >= 4 is 38.9 Å². The zero-order valence-corrected chi connectivity index (χ0v) is 24.9. The van der Waals surface area contributed by atoms with Gasteiger partial charge in [-0.1, -0.05) is 115 Å². The van der Waals surface area contributed by atoms with Crippen LogP contribution in [0.1, 0.15) is 22.3 Å². The van der Waals surface area contributed by atoms with Crippen LogP contribution in [-0.2, 0) is 5.41 Å². The predicted octanol–water partition coefficient (Wildman–Crippen LogP) is 10.6. The van der Waals surface area contributed by atoms with Crippen molar-refractivity contribution in [1.29, 1.82) is 0 Å². The highest BCUT2D eigenvalue weighted by molar-refractivity contribution is 6.04. The molecule has 3 heteroatoms. The number of benzene rings is 6. The molecule has 0 atom stereocenters. The Morgan fingerprint density at radius 2 is 1.09 bits per heavy atom. The van der Waals surface area contributed by atoms with E-state index in [0.29, 0.717) is 0 Å². The summed E-state index contributed by atoms with van der Waals surface area (Å²) in [5.41, 5.74) is 15.0. The lowest BCUT2D eigenvalue weighted by atomic mass is 9.64. The van der Waals surface area contributed by atoms with Crippen molar-refractivity contribution in [2.75, 3.05) is 4.90 Å². The second-order valence-electron chi connectivity index (χ2n) is 12.2. The molecular weight excluding hydrogens is 558 g/mol. The fraction of sp³-hybridized carbons (Fsp3) is 0.0233. The molecule has 0 radical (unpaired) electrons. The van der Waals surface area contributed by atoms with E-state index in [9.17, 15) is 0 Å². The first-order valence-electron chi connectivity index (χ1n) is 15.7. The maximum atomic E-state index is 4.97. The number of aromatic nitrogens is 2. The topological polar surface area (TPSA) is 29.0 Å². The lowest BCUT2D eigenvalue weighted by molar-refractivity contribution is 0.753. The molecule has 6 aromatic carbocycles. The summed E-state index contributed by atoms with van der Waals surface area (Å²) >= 11 is 0. The fourth-order valence-electron chi connectivity index (χ4n) is 8.04. The van der Waals surface area contributed by atoms with E-state index in [0.717, 1.165) is 38.6 Å². The van der Waals surface area contributed by atoms with Crippen LogP contribution in [0.2, 0.25) is 0 Å². The SMILES string of the molecule is c1ccc(N2c3ccccc3C3(c4ccccc4-c4ccccc43)c3ccc(-c4cnc5c(ccc6cccnc65)c4)cc32)cc1. The molecular formula is C43H27N3. The summed E-state index contributed by atoms with van der Waals surface area (Å²) in [4.78, 5) is 12.0. The smallest absolute Gasteiger partial charge is 0.0964 e. The fourth-order valence-corrected chi connectivity index (χ4v) is 8.04. The molecule has 0 unspecified atom stereocenters. The van der Waals surface area contributed by atoms with Crippen LogP contribution in [0.3, 0.4) is 0 Å². The zero-order valence-electron chi connectivity index (χ0n) is 24.9. The molecule has 3 nitrogen and oxygen atoms in total. The predicted molar refractivity (Wildman–Crippen MR) is 188 cm³/mol. The molecule has 46 heavy (non-hydrogen) atoms. The lowest BCUT2D eigenvalue weighted by Gasteiger charge is -2.45. The third-order valence-corrected chi connectivity index (χ3v) is 9.91. The first kappa shape index (κ1) is 25.3. The van der Waals surface area contributed by atoms with Crippen molar-refractivity contribution in [3.8, 4) is 22.3 Å². The van der Waals surface area contributed by atoms with E-state index in [2.05, 4.69) is 155 Å². The quantitative estimate of drug-likeness (QED) is 0.189. The molecule has 0 amide bonds. The van der Waals surface area contributed by atoms with E-state index >= 15 is 0 Å². The van der Waals surface area contributed by atoms with Crippen molar-refractivity contribution in [2.24, 2.45) is 0 Å². The lowest BCUT2D eigenvalue weighted by Crippen LogP contribution is -2.36. The van der Waals surface area contributed by atoms with Crippen LogP contribution in [0.5, 0.6) is 0 Å². The molecule has 214 valence electrons. The highest BCUT2D eigenvalue weighted by Gasteiger charge is 2.51. The largest absolute Gasteiger partial charge is 0.310 e. The van der Waals surface area contributed by atoms with Gasteiger partial charge in [-0.3, -0.25) is 9.97 Å². The van der Waals surface area contributed by atoms with Gasteiger partial charge < -0.3 is 4.90 Å². The van der Waals surface area contributed by atoms with Crippen LogP contribution in [0.25, 0.3) is 44.1 Å². The number of pyridine rings is 2. The number of hydrogen-bond acceptors (Lipinski definition) is 3. The maximum absolute atomic E-state index is 4.97. The molecule has 3 heterocycles. The maximum Gasteiger partial charge on any atom is 0.0964 e. The van der Waals surface area contributed by atoms with Gasteiger partial charge >= 0.3 is 0 Å². The zero-order chi connectivity index (χ0) is 30.2. The number of rotatable bonds is 2. The second kappa shape index (κ2) is 9.47. The van der Waals surface area contributed by atoms with Crippen LogP contribution in [0.4, 0.5) is 17.1 Å². The van der Waals surface area contributed by atoms with E-state index in [1.165, 1.54) is 44.8 Å². The van der Waals surface area contributed by atoms with Crippen LogP contribution in [0, 0.1) is 0 Å². The van der Waals surface area contributed by atoms with E-state index in [1.54, 1.807) is 0 Å². The Labute approximate surface area is 267 Å². The van der Waals surface area contributed by atoms with Gasteiger partial charge in [0.1, 0.15) is 0 Å². The van der Waals surface area contributed by atoms with Crippen molar-refractivity contribution in [2.45, 2.75) is 5.41 Å².